The molecule has 12 heavy (non-hydrogen) atoms. The predicted octanol–water partition coefficient (Wildman–Crippen LogP) is 0.630. The second-order valence-electron chi connectivity index (χ2n) is 2.12. The fourth-order valence-electron chi connectivity index (χ4n) is 0.723. The van der Waals surface area contributed by atoms with Crippen molar-refractivity contribution in [2.75, 3.05) is 6.61 Å². The third-order valence-electron chi connectivity index (χ3n) is 1.26. The highest BCUT2D eigenvalue weighted by Crippen LogP contribution is 2.16. The standard InChI is InChI=1S/C7H9ClN2O2/c1-2-12-6(11)7(8)9-4-3-5-10-7/h3-5,9H,2H2,1H3. The summed E-state index contributed by atoms with van der Waals surface area (Å²) < 4.78 is 4.70. The minimum atomic E-state index is -1.47. The van der Waals surface area contributed by atoms with Gasteiger partial charge in [-0.25, -0.2) is 9.79 Å². The highest BCUT2D eigenvalue weighted by molar-refractivity contribution is 6.34. The number of nitrogens with zero attached hydrogens (tertiary/aromatic N) is 1. The number of carbonyl (C=O) groups excluding carboxylic acids is 1. The lowest BCUT2D eigenvalue weighted by Crippen LogP contribution is -2.45. The van der Waals surface area contributed by atoms with Crippen LogP contribution in [0.5, 0.6) is 0 Å². The summed E-state index contributed by atoms with van der Waals surface area (Å²) >= 11 is 5.77. The summed E-state index contributed by atoms with van der Waals surface area (Å²) in [4.78, 5) is 14.9. The third-order valence-corrected chi connectivity index (χ3v) is 1.62. The molecule has 0 aromatic heterocycles. The summed E-state index contributed by atoms with van der Waals surface area (Å²) in [5, 5.41) is 1.12. The molecule has 0 spiro atoms. The summed E-state index contributed by atoms with van der Waals surface area (Å²) in [6, 6.07) is 0. The molecule has 0 fully saturated rings. The smallest absolute Gasteiger partial charge is 0.371 e. The van der Waals surface area contributed by atoms with Gasteiger partial charge in [0.15, 0.2) is 0 Å². The number of ether oxygens (including phenoxy) is 1. The van der Waals surface area contributed by atoms with Crippen molar-refractivity contribution < 1.29 is 9.53 Å². The number of allylic oxidation sites excluding steroid dienone is 1. The molecule has 0 aliphatic carbocycles. The molecule has 0 bridgehead atoms. The van der Waals surface area contributed by atoms with E-state index in [0.717, 1.165) is 0 Å². The average molecular weight is 189 g/mol. The van der Waals surface area contributed by atoms with Gasteiger partial charge in [-0.2, -0.15) is 0 Å². The molecule has 1 aliphatic rings. The average Bonchev–Trinajstić information content (AvgIpc) is 2.06. The normalized spacial score (nSPS) is 26.5. The summed E-state index contributed by atoms with van der Waals surface area (Å²) in [5.74, 6) is -0.590. The Morgan fingerprint density at radius 3 is 3.08 bits per heavy atom. The Balaban J connectivity index is 2.65. The monoisotopic (exact) mass is 188 g/mol. The predicted molar refractivity (Wildman–Crippen MR) is 46.0 cm³/mol. The number of hydrogen-bond acceptors (Lipinski definition) is 4. The SMILES string of the molecule is CCOC(=O)C1(Cl)N=CC=CN1. The number of alkyl halides is 1. The summed E-state index contributed by atoms with van der Waals surface area (Å²) in [7, 11) is 0. The molecule has 0 radical (unpaired) electrons. The molecule has 0 amide bonds. The Morgan fingerprint density at radius 1 is 1.83 bits per heavy atom. The van der Waals surface area contributed by atoms with Crippen molar-refractivity contribution in [3.63, 3.8) is 0 Å². The van der Waals surface area contributed by atoms with E-state index in [4.69, 9.17) is 16.3 Å². The van der Waals surface area contributed by atoms with Crippen molar-refractivity contribution in [2.45, 2.75) is 12.0 Å². The first-order valence-corrected chi connectivity index (χ1v) is 3.91. The number of halogens is 1. The zero-order chi connectivity index (χ0) is 9.03. The van der Waals surface area contributed by atoms with Gasteiger partial charge < -0.3 is 10.1 Å². The third kappa shape index (κ3) is 1.76. The van der Waals surface area contributed by atoms with Gasteiger partial charge in [-0.05, 0) is 13.0 Å². The lowest BCUT2D eigenvalue weighted by Gasteiger charge is -2.21. The Labute approximate surface area is 75.3 Å². The minimum absolute atomic E-state index is 0.286. The van der Waals surface area contributed by atoms with Crippen LogP contribution in [0.1, 0.15) is 6.92 Å². The largest absolute Gasteiger partial charge is 0.462 e. The van der Waals surface area contributed by atoms with E-state index in [0.29, 0.717) is 0 Å². The van der Waals surface area contributed by atoms with Gasteiger partial charge in [0.25, 0.3) is 0 Å². The van der Waals surface area contributed by atoms with Crippen LogP contribution in [-0.2, 0) is 9.53 Å². The van der Waals surface area contributed by atoms with Crippen LogP contribution in [0.2, 0.25) is 0 Å². The quantitative estimate of drug-likeness (QED) is 0.393. The van der Waals surface area contributed by atoms with Crippen molar-refractivity contribution in [1.29, 1.82) is 0 Å². The van der Waals surface area contributed by atoms with Crippen LogP contribution in [0, 0.1) is 0 Å². The van der Waals surface area contributed by atoms with Gasteiger partial charge in [0.1, 0.15) is 0 Å². The minimum Gasteiger partial charge on any atom is -0.462 e. The maximum atomic E-state index is 11.2. The first kappa shape index (κ1) is 9.06. The molecular formula is C7H9ClN2O2. The van der Waals surface area contributed by atoms with Crippen molar-refractivity contribution in [3.05, 3.63) is 12.3 Å². The molecule has 5 heteroatoms. The number of rotatable bonds is 2. The van der Waals surface area contributed by atoms with Crippen molar-refractivity contribution >= 4 is 23.8 Å². The fraction of sp³-hybridized carbons (Fsp3) is 0.429. The zero-order valence-electron chi connectivity index (χ0n) is 6.58. The van der Waals surface area contributed by atoms with Crippen LogP contribution in [0.25, 0.3) is 0 Å². The summed E-state index contributed by atoms with van der Waals surface area (Å²) in [6.07, 6.45) is 4.62. The highest BCUT2D eigenvalue weighted by atomic mass is 35.5. The van der Waals surface area contributed by atoms with E-state index in [2.05, 4.69) is 10.3 Å². The first-order valence-electron chi connectivity index (χ1n) is 3.53. The van der Waals surface area contributed by atoms with Crippen molar-refractivity contribution in [2.24, 2.45) is 4.99 Å². The van der Waals surface area contributed by atoms with Gasteiger partial charge in [-0.3, -0.25) is 0 Å². The number of aliphatic imine (C=N–C) groups is 1. The van der Waals surface area contributed by atoms with Gasteiger partial charge in [0, 0.05) is 12.4 Å². The van der Waals surface area contributed by atoms with E-state index in [1.807, 2.05) is 0 Å². The van der Waals surface area contributed by atoms with Gasteiger partial charge in [-0.15, -0.1) is 0 Å². The van der Waals surface area contributed by atoms with Gasteiger partial charge in [0.2, 0.25) is 0 Å². The second kappa shape index (κ2) is 3.58. The van der Waals surface area contributed by atoms with Crippen LogP contribution in [0.15, 0.2) is 17.3 Å². The highest BCUT2D eigenvalue weighted by Gasteiger charge is 2.36. The van der Waals surface area contributed by atoms with Crippen molar-refractivity contribution in [1.82, 2.24) is 5.32 Å². The molecule has 0 aromatic carbocycles. The molecule has 1 atom stereocenters. The zero-order valence-corrected chi connectivity index (χ0v) is 7.34. The maximum absolute atomic E-state index is 11.2. The van der Waals surface area contributed by atoms with Gasteiger partial charge in [-0.1, -0.05) is 11.6 Å². The molecule has 0 saturated heterocycles. The van der Waals surface area contributed by atoms with Crippen LogP contribution in [0.3, 0.4) is 0 Å². The lowest BCUT2D eigenvalue weighted by molar-refractivity contribution is -0.146. The van der Waals surface area contributed by atoms with Crippen LogP contribution in [-0.4, -0.2) is 23.9 Å². The van der Waals surface area contributed by atoms with E-state index in [1.165, 1.54) is 12.4 Å². The number of hydrogen-bond donors (Lipinski definition) is 1. The summed E-state index contributed by atoms with van der Waals surface area (Å²) in [6.45, 7) is 1.99. The Morgan fingerprint density at radius 2 is 2.58 bits per heavy atom. The topological polar surface area (TPSA) is 50.7 Å². The second-order valence-corrected chi connectivity index (χ2v) is 2.67. The molecule has 4 nitrogen and oxygen atoms in total. The number of esters is 1. The van der Waals surface area contributed by atoms with E-state index in [1.54, 1.807) is 13.0 Å². The molecule has 0 saturated carbocycles. The molecule has 0 aromatic rings. The van der Waals surface area contributed by atoms with Crippen LogP contribution >= 0.6 is 11.6 Å². The molecule has 1 rings (SSSR count). The van der Waals surface area contributed by atoms with Crippen LogP contribution < -0.4 is 5.32 Å². The van der Waals surface area contributed by atoms with E-state index < -0.39 is 11.1 Å². The van der Waals surface area contributed by atoms with E-state index in [9.17, 15) is 4.79 Å². The number of carbonyl (C=O) groups is 1. The van der Waals surface area contributed by atoms with E-state index >= 15 is 0 Å². The van der Waals surface area contributed by atoms with Gasteiger partial charge >= 0.3 is 11.1 Å². The molecule has 66 valence electrons. The molecule has 1 aliphatic heterocycles. The first-order chi connectivity index (χ1) is 5.69. The maximum Gasteiger partial charge on any atom is 0.371 e. The van der Waals surface area contributed by atoms with Gasteiger partial charge in [0.05, 0.1) is 6.61 Å². The molecular weight excluding hydrogens is 180 g/mol. The lowest BCUT2D eigenvalue weighted by atomic mass is 10.4. The summed E-state index contributed by atoms with van der Waals surface area (Å²) in [5.41, 5.74) is 0. The Kier molecular flexibility index (Phi) is 2.70. The van der Waals surface area contributed by atoms with Crippen molar-refractivity contribution in [3.8, 4) is 0 Å². The van der Waals surface area contributed by atoms with E-state index in [-0.39, 0.29) is 6.61 Å². The Bertz CT molecular complexity index is 240. The number of nitrogens with one attached hydrogen (secondary N) is 1. The Hall–Kier alpha value is -1.03. The van der Waals surface area contributed by atoms with Crippen LogP contribution in [0.4, 0.5) is 0 Å². The molecule has 1 unspecified atom stereocenters. The fourth-order valence-corrected chi connectivity index (χ4v) is 0.897. The molecule has 1 N–H and O–H groups in total. The molecule has 1 heterocycles.